The number of benzene rings is 2. The zero-order valence-corrected chi connectivity index (χ0v) is 20.4. The van der Waals surface area contributed by atoms with E-state index in [1.165, 1.54) is 12.1 Å². The van der Waals surface area contributed by atoms with E-state index in [2.05, 4.69) is 0 Å². The van der Waals surface area contributed by atoms with E-state index in [-0.39, 0.29) is 17.6 Å². The normalized spacial score (nSPS) is 15.9. The second kappa shape index (κ2) is 10.8. The van der Waals surface area contributed by atoms with Gasteiger partial charge in [-0.2, -0.15) is 0 Å². The van der Waals surface area contributed by atoms with Crippen LogP contribution in [-0.2, 0) is 22.6 Å². The Morgan fingerprint density at radius 2 is 2.00 bits per heavy atom. The Balaban J connectivity index is 1.62. The Bertz CT molecular complexity index is 1180. The summed E-state index contributed by atoms with van der Waals surface area (Å²) in [5.41, 5.74) is 2.69. The van der Waals surface area contributed by atoms with Crippen molar-refractivity contribution < 1.29 is 23.1 Å². The monoisotopic (exact) mass is 478 g/mol. The van der Waals surface area contributed by atoms with Gasteiger partial charge in [0.2, 0.25) is 5.91 Å². The van der Waals surface area contributed by atoms with Crippen LogP contribution >= 0.6 is 0 Å². The summed E-state index contributed by atoms with van der Waals surface area (Å²) < 4.78 is 25.6. The van der Waals surface area contributed by atoms with Crippen LogP contribution in [0.25, 0.3) is 0 Å². The fraction of sp³-hybridized carbons (Fsp3) is 0.357. The van der Waals surface area contributed by atoms with Crippen LogP contribution in [0.15, 0.2) is 65.3 Å². The van der Waals surface area contributed by atoms with E-state index in [4.69, 9.17) is 9.15 Å². The summed E-state index contributed by atoms with van der Waals surface area (Å²) >= 11 is 0. The van der Waals surface area contributed by atoms with Gasteiger partial charge in [-0.3, -0.25) is 9.59 Å². The van der Waals surface area contributed by atoms with Crippen LogP contribution < -0.4 is 4.74 Å². The zero-order chi connectivity index (χ0) is 24.9. The van der Waals surface area contributed by atoms with Crippen LogP contribution in [0.3, 0.4) is 0 Å². The highest BCUT2D eigenvalue weighted by molar-refractivity contribution is 5.81. The number of fused-ring (bicyclic) bond motifs is 1. The van der Waals surface area contributed by atoms with E-state index < -0.39 is 12.1 Å². The predicted octanol–water partition coefficient (Wildman–Crippen LogP) is 5.12. The molecule has 0 radical (unpaired) electrons. The molecule has 0 bridgehead atoms. The maximum Gasteiger partial charge on any atom is 0.263 e. The number of rotatable bonds is 8. The minimum Gasteiger partial charge on any atom is -0.481 e. The van der Waals surface area contributed by atoms with Gasteiger partial charge in [-0.25, -0.2) is 4.39 Å². The summed E-state index contributed by atoms with van der Waals surface area (Å²) in [5, 5.41) is 0. The summed E-state index contributed by atoms with van der Waals surface area (Å²) in [4.78, 5) is 29.2. The van der Waals surface area contributed by atoms with Gasteiger partial charge in [-0.05, 0) is 65.9 Å². The predicted molar refractivity (Wildman–Crippen MR) is 130 cm³/mol. The summed E-state index contributed by atoms with van der Waals surface area (Å²) in [7, 11) is 1.72. The molecule has 0 aliphatic carbocycles. The highest BCUT2D eigenvalue weighted by Gasteiger charge is 2.32. The number of hydrogen-bond acceptors (Lipinski definition) is 4. The average Bonchev–Trinajstić information content (AvgIpc) is 3.38. The number of carbonyl (C=O) groups excluding carboxylic acids is 2. The number of halogens is 1. The van der Waals surface area contributed by atoms with Crippen molar-refractivity contribution in [3.05, 3.63) is 89.1 Å². The SMILES string of the molecule is CCC(=O)N1CCc2ccc(O[C@H](CC)C(=O)N(C)Cc3ccco3)cc2[C@H]1c1cccc(F)c1. The summed E-state index contributed by atoms with van der Waals surface area (Å²) in [5.74, 6) is 0.760. The van der Waals surface area contributed by atoms with Crippen molar-refractivity contribution in [2.45, 2.75) is 51.8 Å². The van der Waals surface area contributed by atoms with Crippen LogP contribution in [0.5, 0.6) is 5.75 Å². The fourth-order valence-corrected chi connectivity index (χ4v) is 4.61. The molecule has 1 aliphatic heterocycles. The van der Waals surface area contributed by atoms with E-state index >= 15 is 0 Å². The van der Waals surface area contributed by atoms with Gasteiger partial charge in [-0.15, -0.1) is 0 Å². The lowest BCUT2D eigenvalue weighted by Crippen LogP contribution is -2.40. The lowest BCUT2D eigenvalue weighted by Gasteiger charge is -2.38. The van der Waals surface area contributed by atoms with Crippen molar-refractivity contribution in [2.24, 2.45) is 0 Å². The lowest BCUT2D eigenvalue weighted by atomic mass is 9.87. The van der Waals surface area contributed by atoms with E-state index in [9.17, 15) is 14.0 Å². The third-order valence-corrected chi connectivity index (χ3v) is 6.41. The molecule has 0 N–H and O–H groups in total. The van der Waals surface area contributed by atoms with Crippen molar-refractivity contribution in [1.29, 1.82) is 0 Å². The van der Waals surface area contributed by atoms with Gasteiger partial charge >= 0.3 is 0 Å². The summed E-state index contributed by atoms with van der Waals surface area (Å²) in [6, 6.07) is 15.3. The number of hydrogen-bond donors (Lipinski definition) is 0. The highest BCUT2D eigenvalue weighted by atomic mass is 19.1. The fourth-order valence-electron chi connectivity index (χ4n) is 4.61. The molecule has 0 saturated carbocycles. The first kappa shape index (κ1) is 24.5. The molecule has 0 saturated heterocycles. The molecule has 0 fully saturated rings. The van der Waals surface area contributed by atoms with E-state index in [0.717, 1.165) is 11.1 Å². The first-order valence-corrected chi connectivity index (χ1v) is 12.0. The first-order valence-electron chi connectivity index (χ1n) is 12.0. The number of amides is 2. The van der Waals surface area contributed by atoms with E-state index in [1.807, 2.05) is 44.2 Å². The third kappa shape index (κ3) is 5.39. The average molecular weight is 479 g/mol. The topological polar surface area (TPSA) is 63.0 Å². The number of furan rings is 1. The van der Waals surface area contributed by atoms with Gasteiger partial charge < -0.3 is 19.0 Å². The van der Waals surface area contributed by atoms with Gasteiger partial charge in [0.15, 0.2) is 6.10 Å². The molecule has 2 amide bonds. The molecule has 0 spiro atoms. The first-order chi connectivity index (χ1) is 16.9. The van der Waals surface area contributed by atoms with Gasteiger partial charge in [0.05, 0.1) is 18.8 Å². The van der Waals surface area contributed by atoms with Crippen molar-refractivity contribution in [1.82, 2.24) is 9.80 Å². The van der Waals surface area contributed by atoms with Gasteiger partial charge in [-0.1, -0.05) is 32.0 Å². The van der Waals surface area contributed by atoms with Crippen LogP contribution in [0.2, 0.25) is 0 Å². The molecule has 1 aliphatic rings. The standard InChI is InChI=1S/C28H31FN2O4/c1-4-25(28(33)30(3)18-23-10-7-15-34-23)35-22-12-11-19-13-14-31(26(32)5-2)27(24(19)17-22)20-8-6-9-21(29)16-20/h6-12,15-17,25,27H,4-5,13-14,18H2,1-3H3/t25-,27-/m1/s1. The molecule has 0 unspecified atom stereocenters. The smallest absolute Gasteiger partial charge is 0.263 e. The number of ether oxygens (including phenoxy) is 1. The molecule has 35 heavy (non-hydrogen) atoms. The molecule has 2 atom stereocenters. The van der Waals surface area contributed by atoms with Gasteiger partial charge in [0.25, 0.3) is 5.91 Å². The molecule has 7 heteroatoms. The van der Waals surface area contributed by atoms with Gasteiger partial charge in [0, 0.05) is 20.0 Å². The van der Waals surface area contributed by atoms with Crippen LogP contribution in [0.1, 0.15) is 55.2 Å². The zero-order valence-electron chi connectivity index (χ0n) is 20.4. The Hall–Kier alpha value is -3.61. The summed E-state index contributed by atoms with van der Waals surface area (Å²) in [6.45, 7) is 4.65. The lowest BCUT2D eigenvalue weighted by molar-refractivity contribution is -0.138. The Kier molecular flexibility index (Phi) is 7.54. The maximum atomic E-state index is 14.1. The van der Waals surface area contributed by atoms with Crippen LogP contribution in [0, 0.1) is 5.82 Å². The minimum absolute atomic E-state index is 0.0115. The van der Waals surface area contributed by atoms with E-state index in [1.54, 1.807) is 35.2 Å². The Morgan fingerprint density at radius 1 is 1.17 bits per heavy atom. The Labute approximate surface area is 205 Å². The van der Waals surface area contributed by atoms with Gasteiger partial charge in [0.1, 0.15) is 17.3 Å². The Morgan fingerprint density at radius 3 is 2.69 bits per heavy atom. The quantitative estimate of drug-likeness (QED) is 0.451. The molecule has 4 rings (SSSR count). The molecular weight excluding hydrogens is 447 g/mol. The molecule has 1 aromatic heterocycles. The molecular formula is C28H31FN2O4. The van der Waals surface area contributed by atoms with Crippen molar-refractivity contribution in [2.75, 3.05) is 13.6 Å². The van der Waals surface area contributed by atoms with Crippen molar-refractivity contribution in [3.8, 4) is 5.75 Å². The third-order valence-electron chi connectivity index (χ3n) is 6.41. The van der Waals surface area contributed by atoms with Crippen molar-refractivity contribution in [3.63, 3.8) is 0 Å². The summed E-state index contributed by atoms with van der Waals surface area (Å²) in [6.07, 6.45) is 2.47. The molecule has 6 nitrogen and oxygen atoms in total. The second-order valence-corrected chi connectivity index (χ2v) is 8.80. The molecule has 2 aromatic carbocycles. The molecule has 2 heterocycles. The largest absolute Gasteiger partial charge is 0.481 e. The highest BCUT2D eigenvalue weighted by Crippen LogP contribution is 2.38. The van der Waals surface area contributed by atoms with Crippen LogP contribution in [-0.4, -0.2) is 41.3 Å². The maximum absolute atomic E-state index is 14.1. The minimum atomic E-state index is -0.669. The molecule has 3 aromatic rings. The van der Waals surface area contributed by atoms with Crippen LogP contribution in [0.4, 0.5) is 4.39 Å². The molecule has 184 valence electrons. The van der Waals surface area contributed by atoms with Crippen molar-refractivity contribution >= 4 is 11.8 Å². The number of likely N-dealkylation sites (N-methyl/N-ethyl adjacent to an activating group) is 1. The number of nitrogens with zero attached hydrogens (tertiary/aromatic N) is 2. The second-order valence-electron chi connectivity index (χ2n) is 8.80. The number of carbonyl (C=O) groups is 2. The van der Waals surface area contributed by atoms with E-state index in [0.29, 0.717) is 49.4 Å².